The minimum atomic E-state index is -0.245. The molecule has 3 nitrogen and oxygen atoms in total. The van der Waals surface area contributed by atoms with E-state index < -0.39 is 0 Å². The molecular formula is C10H20O3. The molecule has 0 aromatic rings. The molecule has 0 fully saturated rings. The van der Waals surface area contributed by atoms with Gasteiger partial charge < -0.3 is 14.3 Å². The van der Waals surface area contributed by atoms with E-state index in [2.05, 4.69) is 0 Å². The highest BCUT2D eigenvalue weighted by Crippen LogP contribution is 2.09. The van der Waals surface area contributed by atoms with Crippen LogP contribution in [0.5, 0.6) is 0 Å². The third kappa shape index (κ3) is 7.94. The summed E-state index contributed by atoms with van der Waals surface area (Å²) in [7, 11) is 0. The zero-order chi connectivity index (χ0) is 10.3. The van der Waals surface area contributed by atoms with E-state index in [4.69, 9.17) is 9.47 Å². The highest BCUT2D eigenvalue weighted by atomic mass is 16.7. The SMILES string of the molecule is CC(C)OC(CCC=O)OC(C)C. The Balaban J connectivity index is 3.79. The molecule has 0 aliphatic carbocycles. The average Bonchev–Trinajstić information content (AvgIpc) is 1.98. The molecule has 0 bridgehead atoms. The maximum absolute atomic E-state index is 10.2. The van der Waals surface area contributed by atoms with Crippen molar-refractivity contribution < 1.29 is 14.3 Å². The lowest BCUT2D eigenvalue weighted by molar-refractivity contribution is -0.184. The van der Waals surface area contributed by atoms with Gasteiger partial charge in [-0.15, -0.1) is 0 Å². The van der Waals surface area contributed by atoms with Crippen molar-refractivity contribution in [3.05, 3.63) is 0 Å². The number of hydrogen-bond acceptors (Lipinski definition) is 3. The lowest BCUT2D eigenvalue weighted by atomic mass is 10.3. The highest BCUT2D eigenvalue weighted by Gasteiger charge is 2.12. The summed E-state index contributed by atoms with van der Waals surface area (Å²) in [6.45, 7) is 7.82. The van der Waals surface area contributed by atoms with Crippen LogP contribution in [-0.4, -0.2) is 24.8 Å². The maximum atomic E-state index is 10.2. The van der Waals surface area contributed by atoms with Gasteiger partial charge in [0, 0.05) is 12.8 Å². The van der Waals surface area contributed by atoms with Crippen molar-refractivity contribution >= 4 is 6.29 Å². The Morgan fingerprint density at radius 2 is 1.54 bits per heavy atom. The fourth-order valence-electron chi connectivity index (χ4n) is 0.979. The molecule has 0 atom stereocenters. The fraction of sp³-hybridized carbons (Fsp3) is 0.900. The van der Waals surface area contributed by atoms with Crippen LogP contribution in [0.15, 0.2) is 0 Å². The summed E-state index contributed by atoms with van der Waals surface area (Å²) in [6, 6.07) is 0. The van der Waals surface area contributed by atoms with E-state index in [9.17, 15) is 4.79 Å². The molecule has 0 rings (SSSR count). The van der Waals surface area contributed by atoms with Gasteiger partial charge in [-0.1, -0.05) is 0 Å². The van der Waals surface area contributed by atoms with Gasteiger partial charge in [0.2, 0.25) is 0 Å². The summed E-state index contributed by atoms with van der Waals surface area (Å²) in [5, 5.41) is 0. The summed E-state index contributed by atoms with van der Waals surface area (Å²) in [5.74, 6) is 0. The second kappa shape index (κ2) is 7.04. The molecule has 0 amide bonds. The van der Waals surface area contributed by atoms with Crippen LogP contribution in [0.3, 0.4) is 0 Å². The Hall–Kier alpha value is -0.410. The Morgan fingerprint density at radius 3 is 1.85 bits per heavy atom. The molecule has 0 aromatic carbocycles. The number of hydrogen-bond donors (Lipinski definition) is 0. The lowest BCUT2D eigenvalue weighted by Crippen LogP contribution is -2.24. The van der Waals surface area contributed by atoms with Gasteiger partial charge in [0.1, 0.15) is 6.29 Å². The van der Waals surface area contributed by atoms with Crippen molar-refractivity contribution in [3.63, 3.8) is 0 Å². The van der Waals surface area contributed by atoms with Gasteiger partial charge in [0.05, 0.1) is 12.2 Å². The number of carbonyl (C=O) groups excluding carboxylic acids is 1. The molecular weight excluding hydrogens is 168 g/mol. The molecule has 0 saturated heterocycles. The fourth-order valence-corrected chi connectivity index (χ4v) is 0.979. The van der Waals surface area contributed by atoms with Crippen molar-refractivity contribution in [1.82, 2.24) is 0 Å². The predicted molar refractivity (Wildman–Crippen MR) is 51.5 cm³/mol. The van der Waals surface area contributed by atoms with Crippen molar-refractivity contribution in [2.75, 3.05) is 0 Å². The first-order valence-corrected chi connectivity index (χ1v) is 4.80. The van der Waals surface area contributed by atoms with Crippen LogP contribution in [0.25, 0.3) is 0 Å². The highest BCUT2D eigenvalue weighted by molar-refractivity contribution is 5.49. The minimum absolute atomic E-state index is 0.135. The number of rotatable bonds is 7. The van der Waals surface area contributed by atoms with Crippen LogP contribution in [0.2, 0.25) is 0 Å². The summed E-state index contributed by atoms with van der Waals surface area (Å²) in [5.41, 5.74) is 0. The van der Waals surface area contributed by atoms with E-state index in [-0.39, 0.29) is 18.5 Å². The molecule has 0 aromatic heterocycles. The summed E-state index contributed by atoms with van der Waals surface area (Å²) >= 11 is 0. The van der Waals surface area contributed by atoms with Gasteiger partial charge in [-0.25, -0.2) is 0 Å². The molecule has 0 spiro atoms. The normalized spacial score (nSPS) is 11.6. The van der Waals surface area contributed by atoms with Gasteiger partial charge in [0.15, 0.2) is 6.29 Å². The van der Waals surface area contributed by atoms with E-state index in [0.29, 0.717) is 12.8 Å². The molecule has 78 valence electrons. The topological polar surface area (TPSA) is 35.5 Å². The molecule has 0 unspecified atom stereocenters. The summed E-state index contributed by atoms with van der Waals surface area (Å²) in [6.07, 6.45) is 2.04. The van der Waals surface area contributed by atoms with Crippen LogP contribution in [0.1, 0.15) is 40.5 Å². The summed E-state index contributed by atoms with van der Waals surface area (Å²) in [4.78, 5) is 10.2. The first-order chi connectivity index (χ1) is 6.06. The van der Waals surface area contributed by atoms with E-state index in [1.54, 1.807) is 0 Å². The zero-order valence-corrected chi connectivity index (χ0v) is 8.95. The number of ether oxygens (including phenoxy) is 2. The summed E-state index contributed by atoms with van der Waals surface area (Å²) < 4.78 is 11.0. The Labute approximate surface area is 80.4 Å². The maximum Gasteiger partial charge on any atom is 0.158 e. The van der Waals surface area contributed by atoms with Crippen molar-refractivity contribution in [2.45, 2.75) is 59.0 Å². The first kappa shape index (κ1) is 12.6. The third-order valence-corrected chi connectivity index (χ3v) is 1.37. The predicted octanol–water partition coefficient (Wildman–Crippen LogP) is 2.14. The van der Waals surface area contributed by atoms with E-state index in [0.717, 1.165) is 6.29 Å². The van der Waals surface area contributed by atoms with Crippen molar-refractivity contribution in [1.29, 1.82) is 0 Å². The van der Waals surface area contributed by atoms with Gasteiger partial charge in [-0.3, -0.25) is 0 Å². The van der Waals surface area contributed by atoms with Crippen molar-refractivity contribution in [3.8, 4) is 0 Å². The van der Waals surface area contributed by atoms with Crippen LogP contribution in [0.4, 0.5) is 0 Å². The van der Waals surface area contributed by atoms with Crippen LogP contribution >= 0.6 is 0 Å². The third-order valence-electron chi connectivity index (χ3n) is 1.37. The van der Waals surface area contributed by atoms with Crippen LogP contribution < -0.4 is 0 Å². The quantitative estimate of drug-likeness (QED) is 0.453. The van der Waals surface area contributed by atoms with Crippen LogP contribution in [-0.2, 0) is 14.3 Å². The monoisotopic (exact) mass is 188 g/mol. The Bertz CT molecular complexity index is 122. The van der Waals surface area contributed by atoms with Gasteiger partial charge in [0.25, 0.3) is 0 Å². The standard InChI is InChI=1S/C10H20O3/c1-8(2)12-10(6-5-7-11)13-9(3)4/h7-10H,5-6H2,1-4H3. The first-order valence-electron chi connectivity index (χ1n) is 4.80. The van der Waals surface area contributed by atoms with Gasteiger partial charge in [-0.05, 0) is 27.7 Å². The zero-order valence-electron chi connectivity index (χ0n) is 8.95. The average molecular weight is 188 g/mol. The van der Waals surface area contributed by atoms with Gasteiger partial charge in [-0.2, -0.15) is 0 Å². The number of aldehydes is 1. The van der Waals surface area contributed by atoms with E-state index >= 15 is 0 Å². The smallest absolute Gasteiger partial charge is 0.158 e. The molecule has 13 heavy (non-hydrogen) atoms. The van der Waals surface area contributed by atoms with Crippen molar-refractivity contribution in [2.24, 2.45) is 0 Å². The molecule has 0 N–H and O–H groups in total. The van der Waals surface area contributed by atoms with E-state index in [1.165, 1.54) is 0 Å². The molecule has 0 radical (unpaired) electrons. The second-order valence-corrected chi connectivity index (χ2v) is 3.54. The molecule has 0 aliphatic rings. The largest absolute Gasteiger partial charge is 0.350 e. The second-order valence-electron chi connectivity index (χ2n) is 3.54. The number of carbonyl (C=O) groups is 1. The molecule has 0 aliphatic heterocycles. The molecule has 0 heterocycles. The minimum Gasteiger partial charge on any atom is -0.350 e. The van der Waals surface area contributed by atoms with Gasteiger partial charge >= 0.3 is 0 Å². The lowest BCUT2D eigenvalue weighted by Gasteiger charge is -2.22. The van der Waals surface area contributed by atoms with Crippen LogP contribution in [0, 0.1) is 0 Å². The Kier molecular flexibility index (Phi) is 6.82. The molecule has 0 saturated carbocycles. The molecule has 3 heteroatoms. The Morgan fingerprint density at radius 1 is 1.08 bits per heavy atom. The van der Waals surface area contributed by atoms with E-state index in [1.807, 2.05) is 27.7 Å².